The third-order valence-corrected chi connectivity index (χ3v) is 2.07. The zero-order valence-corrected chi connectivity index (χ0v) is 9.46. The first-order valence-electron chi connectivity index (χ1n) is 4.94. The molecule has 0 saturated carbocycles. The minimum absolute atomic E-state index is 0.120. The Bertz CT molecular complexity index is 377. The van der Waals surface area contributed by atoms with Crippen LogP contribution >= 0.6 is 0 Å². The number of carbonyl (C=O) groups excluding carboxylic acids is 1. The number of nitrogens with zero attached hydrogens (tertiary/aromatic N) is 2. The van der Waals surface area contributed by atoms with Crippen molar-refractivity contribution in [3.8, 4) is 12.1 Å². The van der Waals surface area contributed by atoms with Crippen LogP contribution in [0.15, 0.2) is 12.7 Å². The Morgan fingerprint density at radius 3 is 2.22 bits per heavy atom. The second-order valence-electron chi connectivity index (χ2n) is 3.57. The molecule has 18 heavy (non-hydrogen) atoms. The molecule has 0 rings (SSSR count). The van der Waals surface area contributed by atoms with Crippen molar-refractivity contribution < 1.29 is 22.7 Å². The van der Waals surface area contributed by atoms with Gasteiger partial charge in [-0.1, -0.05) is 12.7 Å². The standard InChI is InChI=1S/C11H11F3N2O2/c1-2-5-18-9(17)6-10(7-15,8-16)3-4-11(12,13)14/h2H,1,3-6H2. The highest BCUT2D eigenvalue weighted by Gasteiger charge is 2.39. The normalized spacial score (nSPS) is 11.2. The summed E-state index contributed by atoms with van der Waals surface area (Å²) in [4.78, 5) is 11.2. The predicted octanol–water partition coefficient (Wildman–Crippen LogP) is 2.48. The van der Waals surface area contributed by atoms with Crippen LogP contribution in [0.3, 0.4) is 0 Å². The van der Waals surface area contributed by atoms with Crippen LogP contribution in [-0.4, -0.2) is 18.8 Å². The minimum Gasteiger partial charge on any atom is -0.461 e. The molecule has 7 heteroatoms. The van der Waals surface area contributed by atoms with E-state index < -0.39 is 36.8 Å². The topological polar surface area (TPSA) is 73.9 Å². The SMILES string of the molecule is C=CCOC(=O)CC(C#N)(C#N)CCC(F)(F)F. The number of esters is 1. The summed E-state index contributed by atoms with van der Waals surface area (Å²) >= 11 is 0. The van der Waals surface area contributed by atoms with E-state index in [0.717, 1.165) is 0 Å². The van der Waals surface area contributed by atoms with Crippen LogP contribution in [0.4, 0.5) is 13.2 Å². The second kappa shape index (κ2) is 6.65. The molecule has 0 aliphatic heterocycles. The molecule has 0 unspecified atom stereocenters. The van der Waals surface area contributed by atoms with Crippen molar-refractivity contribution in [1.82, 2.24) is 0 Å². The summed E-state index contributed by atoms with van der Waals surface area (Å²) in [6, 6.07) is 2.91. The number of hydrogen-bond acceptors (Lipinski definition) is 4. The number of ether oxygens (including phenoxy) is 1. The van der Waals surface area contributed by atoms with E-state index in [1.54, 1.807) is 0 Å². The van der Waals surface area contributed by atoms with Gasteiger partial charge in [-0.3, -0.25) is 4.79 Å². The van der Waals surface area contributed by atoms with Crippen LogP contribution in [-0.2, 0) is 9.53 Å². The number of alkyl halides is 3. The molecule has 0 radical (unpaired) electrons. The lowest BCUT2D eigenvalue weighted by atomic mass is 9.83. The average molecular weight is 260 g/mol. The fourth-order valence-electron chi connectivity index (χ4n) is 1.11. The number of rotatable bonds is 6. The average Bonchev–Trinajstić information content (AvgIpc) is 2.31. The summed E-state index contributed by atoms with van der Waals surface area (Å²) < 4.78 is 40.7. The molecule has 0 amide bonds. The van der Waals surface area contributed by atoms with Gasteiger partial charge in [0.05, 0.1) is 18.6 Å². The maximum atomic E-state index is 12.1. The summed E-state index contributed by atoms with van der Waals surface area (Å²) in [5, 5.41) is 17.6. The second-order valence-corrected chi connectivity index (χ2v) is 3.57. The van der Waals surface area contributed by atoms with Gasteiger partial charge in [0.2, 0.25) is 0 Å². The quantitative estimate of drug-likeness (QED) is 0.543. The first kappa shape index (κ1) is 16.0. The van der Waals surface area contributed by atoms with E-state index in [-0.39, 0.29) is 6.61 Å². The third-order valence-electron chi connectivity index (χ3n) is 2.07. The Balaban J connectivity index is 4.64. The van der Waals surface area contributed by atoms with Crippen LogP contribution in [0.1, 0.15) is 19.3 Å². The van der Waals surface area contributed by atoms with E-state index in [4.69, 9.17) is 10.5 Å². The van der Waals surface area contributed by atoms with E-state index in [0.29, 0.717) is 0 Å². The van der Waals surface area contributed by atoms with Crippen molar-refractivity contribution in [3.63, 3.8) is 0 Å². The van der Waals surface area contributed by atoms with Gasteiger partial charge < -0.3 is 4.74 Å². The monoisotopic (exact) mass is 260 g/mol. The summed E-state index contributed by atoms with van der Waals surface area (Å²) in [5.74, 6) is -0.903. The van der Waals surface area contributed by atoms with Crippen LogP contribution in [0.5, 0.6) is 0 Å². The van der Waals surface area contributed by atoms with Crippen LogP contribution < -0.4 is 0 Å². The van der Waals surface area contributed by atoms with Crippen LogP contribution in [0.2, 0.25) is 0 Å². The molecule has 0 aromatic heterocycles. The van der Waals surface area contributed by atoms with Crippen molar-refractivity contribution in [3.05, 3.63) is 12.7 Å². The molecule has 0 heterocycles. The van der Waals surface area contributed by atoms with Crippen LogP contribution in [0.25, 0.3) is 0 Å². The molecule has 0 spiro atoms. The molecule has 98 valence electrons. The predicted molar refractivity (Wildman–Crippen MR) is 54.7 cm³/mol. The van der Waals surface area contributed by atoms with Gasteiger partial charge >= 0.3 is 12.1 Å². The lowest BCUT2D eigenvalue weighted by Gasteiger charge is -2.18. The molecule has 0 atom stereocenters. The highest BCUT2D eigenvalue weighted by Crippen LogP contribution is 2.33. The fourth-order valence-corrected chi connectivity index (χ4v) is 1.11. The Kier molecular flexibility index (Phi) is 5.90. The van der Waals surface area contributed by atoms with E-state index in [2.05, 4.69) is 11.3 Å². The number of halogens is 3. The molecule has 0 aromatic rings. The third kappa shape index (κ3) is 5.90. The summed E-state index contributed by atoms with van der Waals surface area (Å²) in [6.45, 7) is 3.16. The highest BCUT2D eigenvalue weighted by molar-refractivity contribution is 5.71. The van der Waals surface area contributed by atoms with Gasteiger partial charge in [0.25, 0.3) is 0 Å². The van der Waals surface area contributed by atoms with Crippen molar-refractivity contribution in [2.45, 2.75) is 25.4 Å². The maximum Gasteiger partial charge on any atom is 0.389 e. The van der Waals surface area contributed by atoms with Gasteiger partial charge in [0.15, 0.2) is 5.41 Å². The van der Waals surface area contributed by atoms with E-state index >= 15 is 0 Å². The van der Waals surface area contributed by atoms with Crippen molar-refractivity contribution in [2.24, 2.45) is 5.41 Å². The number of nitriles is 2. The smallest absolute Gasteiger partial charge is 0.389 e. The highest BCUT2D eigenvalue weighted by atomic mass is 19.4. The van der Waals surface area contributed by atoms with Gasteiger partial charge in [0.1, 0.15) is 6.61 Å². The van der Waals surface area contributed by atoms with E-state index in [1.165, 1.54) is 18.2 Å². The zero-order chi connectivity index (χ0) is 14.2. The van der Waals surface area contributed by atoms with Crippen molar-refractivity contribution >= 4 is 5.97 Å². The molecular weight excluding hydrogens is 249 g/mol. The van der Waals surface area contributed by atoms with Gasteiger partial charge in [-0.2, -0.15) is 23.7 Å². The Hall–Kier alpha value is -2.02. The Labute approximate surface area is 102 Å². The summed E-state index contributed by atoms with van der Waals surface area (Å²) in [6.07, 6.45) is -5.96. The molecule has 0 bridgehead atoms. The van der Waals surface area contributed by atoms with Crippen molar-refractivity contribution in [1.29, 1.82) is 10.5 Å². The maximum absolute atomic E-state index is 12.1. The molecule has 0 aromatic carbocycles. The summed E-state index contributed by atoms with van der Waals surface area (Å²) in [7, 11) is 0. The molecule has 0 aliphatic rings. The molecular formula is C11H11F3N2O2. The number of carbonyl (C=O) groups is 1. The first-order chi connectivity index (χ1) is 8.28. The Morgan fingerprint density at radius 2 is 1.83 bits per heavy atom. The first-order valence-corrected chi connectivity index (χ1v) is 4.94. The minimum atomic E-state index is -4.48. The van der Waals surface area contributed by atoms with E-state index in [9.17, 15) is 18.0 Å². The van der Waals surface area contributed by atoms with Crippen LogP contribution in [0, 0.1) is 28.1 Å². The van der Waals surface area contributed by atoms with Gasteiger partial charge in [0, 0.05) is 6.42 Å². The molecule has 0 saturated heterocycles. The Morgan fingerprint density at radius 1 is 1.28 bits per heavy atom. The fraction of sp³-hybridized carbons (Fsp3) is 0.545. The van der Waals surface area contributed by atoms with Crippen molar-refractivity contribution in [2.75, 3.05) is 6.61 Å². The molecule has 0 N–H and O–H groups in total. The van der Waals surface area contributed by atoms with Gasteiger partial charge in [-0.05, 0) is 6.42 Å². The zero-order valence-electron chi connectivity index (χ0n) is 9.46. The lowest BCUT2D eigenvalue weighted by molar-refractivity contribution is -0.147. The molecule has 0 fully saturated rings. The number of hydrogen-bond donors (Lipinski definition) is 0. The molecule has 0 aliphatic carbocycles. The molecule has 4 nitrogen and oxygen atoms in total. The van der Waals surface area contributed by atoms with Gasteiger partial charge in [-0.25, -0.2) is 0 Å². The van der Waals surface area contributed by atoms with Gasteiger partial charge in [-0.15, -0.1) is 0 Å². The summed E-state index contributed by atoms with van der Waals surface area (Å²) in [5.41, 5.74) is -2.01. The lowest BCUT2D eigenvalue weighted by Crippen LogP contribution is -2.25. The van der Waals surface area contributed by atoms with E-state index in [1.807, 2.05) is 0 Å². The largest absolute Gasteiger partial charge is 0.461 e.